The lowest BCUT2D eigenvalue weighted by molar-refractivity contribution is 0.0526. The van der Waals surface area contributed by atoms with E-state index in [-0.39, 0.29) is 5.97 Å². The van der Waals surface area contributed by atoms with Crippen LogP contribution in [0.3, 0.4) is 0 Å². The van der Waals surface area contributed by atoms with Crippen LogP contribution in [-0.2, 0) is 11.3 Å². The number of hydrogen-bond acceptors (Lipinski definition) is 6. The smallest absolute Gasteiger partial charge is 0.338 e. The number of esters is 1. The van der Waals surface area contributed by atoms with Crippen LogP contribution in [-0.4, -0.2) is 37.3 Å². The lowest BCUT2D eigenvalue weighted by Gasteiger charge is -2.07. The molecular formula is C22H22N2O5S. The first-order chi connectivity index (χ1) is 14.5. The number of fused-ring (bicyclic) bond motifs is 1. The highest BCUT2D eigenvalue weighted by Gasteiger charge is 2.15. The summed E-state index contributed by atoms with van der Waals surface area (Å²) in [6, 6.07) is 10.2. The van der Waals surface area contributed by atoms with Gasteiger partial charge in [-0.25, -0.2) is 4.79 Å². The van der Waals surface area contributed by atoms with Gasteiger partial charge in [0.15, 0.2) is 4.80 Å². The van der Waals surface area contributed by atoms with E-state index >= 15 is 0 Å². The summed E-state index contributed by atoms with van der Waals surface area (Å²) in [5.41, 5.74) is 1.63. The third kappa shape index (κ3) is 4.28. The molecule has 0 aliphatic carbocycles. The average molecular weight is 426 g/mol. The lowest BCUT2D eigenvalue weighted by atomic mass is 10.2. The Kier molecular flexibility index (Phi) is 6.68. The number of allylic oxidation sites excluding steroid dienone is 1. The molecule has 0 N–H and O–H groups in total. The van der Waals surface area contributed by atoms with Crippen LogP contribution in [0.25, 0.3) is 10.2 Å². The number of nitrogens with zero attached hydrogens (tertiary/aromatic N) is 2. The molecular weight excluding hydrogens is 404 g/mol. The van der Waals surface area contributed by atoms with Crippen LogP contribution in [0.4, 0.5) is 0 Å². The van der Waals surface area contributed by atoms with E-state index in [2.05, 4.69) is 11.6 Å². The lowest BCUT2D eigenvalue weighted by Crippen LogP contribution is -2.16. The van der Waals surface area contributed by atoms with Crippen molar-refractivity contribution >= 4 is 33.4 Å². The molecule has 1 amide bonds. The number of carbonyl (C=O) groups is 2. The van der Waals surface area contributed by atoms with Crippen molar-refractivity contribution in [3.05, 3.63) is 65.0 Å². The van der Waals surface area contributed by atoms with Gasteiger partial charge >= 0.3 is 5.97 Å². The first-order valence-corrected chi connectivity index (χ1v) is 10.1. The summed E-state index contributed by atoms with van der Waals surface area (Å²) in [6.07, 6.45) is 1.73. The molecule has 3 aromatic rings. The van der Waals surface area contributed by atoms with Crippen molar-refractivity contribution in [1.29, 1.82) is 0 Å². The Balaban J connectivity index is 2.10. The third-order valence-electron chi connectivity index (χ3n) is 4.34. The SMILES string of the molecule is C=CCn1c(=NC(=O)c2ccc(OC)cc2OC)sc2cc(C(=O)OCC)ccc21. The molecule has 1 aromatic heterocycles. The summed E-state index contributed by atoms with van der Waals surface area (Å²) >= 11 is 1.31. The van der Waals surface area contributed by atoms with E-state index in [1.165, 1.54) is 18.4 Å². The maximum atomic E-state index is 12.9. The molecule has 0 aliphatic rings. The Morgan fingerprint density at radius 1 is 1.17 bits per heavy atom. The van der Waals surface area contributed by atoms with Crippen LogP contribution in [0.1, 0.15) is 27.6 Å². The molecule has 0 saturated heterocycles. The quantitative estimate of drug-likeness (QED) is 0.424. The van der Waals surface area contributed by atoms with Crippen molar-refractivity contribution in [3.63, 3.8) is 0 Å². The standard InChI is InChI=1S/C22H22N2O5S/c1-5-11-24-17-10-7-14(21(26)29-6-2)12-19(17)30-22(24)23-20(25)16-9-8-15(27-3)13-18(16)28-4/h5,7-10,12-13H,1,6,11H2,2-4H3. The second-order valence-electron chi connectivity index (χ2n) is 6.17. The number of methoxy groups -OCH3 is 2. The molecule has 7 nitrogen and oxygen atoms in total. The molecule has 156 valence electrons. The summed E-state index contributed by atoms with van der Waals surface area (Å²) in [4.78, 5) is 29.8. The van der Waals surface area contributed by atoms with Gasteiger partial charge in [0.1, 0.15) is 11.5 Å². The summed E-state index contributed by atoms with van der Waals surface area (Å²) < 4.78 is 18.2. The highest BCUT2D eigenvalue weighted by atomic mass is 32.1. The minimum atomic E-state index is -0.440. The number of aromatic nitrogens is 1. The fourth-order valence-corrected chi connectivity index (χ4v) is 4.00. The summed E-state index contributed by atoms with van der Waals surface area (Å²) in [7, 11) is 3.03. The monoisotopic (exact) mass is 426 g/mol. The minimum absolute atomic E-state index is 0.302. The molecule has 2 aromatic carbocycles. The number of thiazole rings is 1. The second kappa shape index (κ2) is 9.41. The third-order valence-corrected chi connectivity index (χ3v) is 5.38. The zero-order valence-electron chi connectivity index (χ0n) is 17.0. The highest BCUT2D eigenvalue weighted by Crippen LogP contribution is 2.25. The first kappa shape index (κ1) is 21.3. The van der Waals surface area contributed by atoms with Crippen molar-refractivity contribution in [1.82, 2.24) is 4.57 Å². The Labute approximate surface area is 177 Å². The predicted molar refractivity (Wildman–Crippen MR) is 115 cm³/mol. The number of carbonyl (C=O) groups excluding carboxylic acids is 2. The van der Waals surface area contributed by atoms with E-state index in [0.29, 0.717) is 40.6 Å². The predicted octanol–water partition coefficient (Wildman–Crippen LogP) is 3.82. The number of benzene rings is 2. The Bertz CT molecular complexity index is 1180. The fourth-order valence-electron chi connectivity index (χ4n) is 2.93. The van der Waals surface area contributed by atoms with Gasteiger partial charge < -0.3 is 18.8 Å². The molecule has 8 heteroatoms. The Morgan fingerprint density at radius 2 is 1.97 bits per heavy atom. The maximum Gasteiger partial charge on any atom is 0.338 e. The molecule has 3 rings (SSSR count). The molecule has 0 unspecified atom stereocenters. The summed E-state index contributed by atoms with van der Waals surface area (Å²) in [6.45, 7) is 6.31. The number of rotatable bonds is 7. The Hall–Kier alpha value is -3.39. The molecule has 0 aliphatic heterocycles. The number of amides is 1. The number of hydrogen-bond donors (Lipinski definition) is 0. The molecule has 1 heterocycles. The average Bonchev–Trinajstić information content (AvgIpc) is 3.09. The largest absolute Gasteiger partial charge is 0.497 e. The molecule has 0 spiro atoms. The van der Waals surface area contributed by atoms with Crippen molar-refractivity contribution in [3.8, 4) is 11.5 Å². The van der Waals surface area contributed by atoms with Gasteiger partial charge in [0, 0.05) is 12.6 Å². The molecule has 0 saturated carbocycles. The molecule has 0 bridgehead atoms. The van der Waals surface area contributed by atoms with Crippen LogP contribution < -0.4 is 14.3 Å². The second-order valence-corrected chi connectivity index (χ2v) is 7.18. The van der Waals surface area contributed by atoms with Gasteiger partial charge in [-0.05, 0) is 37.3 Å². The zero-order chi connectivity index (χ0) is 21.7. The van der Waals surface area contributed by atoms with Gasteiger partial charge in [0.05, 0.1) is 42.2 Å². The Morgan fingerprint density at radius 3 is 2.63 bits per heavy atom. The van der Waals surface area contributed by atoms with Gasteiger partial charge in [-0.15, -0.1) is 6.58 Å². The van der Waals surface area contributed by atoms with E-state index in [1.54, 1.807) is 50.4 Å². The van der Waals surface area contributed by atoms with E-state index in [1.807, 2.05) is 10.6 Å². The van der Waals surface area contributed by atoms with Crippen LogP contribution in [0.2, 0.25) is 0 Å². The van der Waals surface area contributed by atoms with Crippen LogP contribution in [0, 0.1) is 0 Å². The van der Waals surface area contributed by atoms with E-state index < -0.39 is 5.91 Å². The molecule has 0 radical (unpaired) electrons. The van der Waals surface area contributed by atoms with Gasteiger partial charge in [-0.1, -0.05) is 17.4 Å². The van der Waals surface area contributed by atoms with Gasteiger partial charge in [0.2, 0.25) is 0 Å². The van der Waals surface area contributed by atoms with E-state index in [0.717, 1.165) is 10.2 Å². The molecule has 0 fully saturated rings. The minimum Gasteiger partial charge on any atom is -0.497 e. The normalized spacial score (nSPS) is 11.4. The van der Waals surface area contributed by atoms with E-state index in [4.69, 9.17) is 14.2 Å². The van der Waals surface area contributed by atoms with Crippen molar-refractivity contribution < 1.29 is 23.8 Å². The van der Waals surface area contributed by atoms with Gasteiger partial charge in [-0.2, -0.15) is 4.99 Å². The topological polar surface area (TPSA) is 79.1 Å². The van der Waals surface area contributed by atoms with Gasteiger partial charge in [-0.3, -0.25) is 4.79 Å². The van der Waals surface area contributed by atoms with Crippen molar-refractivity contribution in [2.24, 2.45) is 4.99 Å². The van der Waals surface area contributed by atoms with E-state index in [9.17, 15) is 9.59 Å². The molecule has 30 heavy (non-hydrogen) atoms. The van der Waals surface area contributed by atoms with Crippen LogP contribution in [0.15, 0.2) is 54.0 Å². The summed E-state index contributed by atoms with van der Waals surface area (Å²) in [5.74, 6) is 0.132. The fraction of sp³-hybridized carbons (Fsp3) is 0.227. The van der Waals surface area contributed by atoms with Gasteiger partial charge in [0.25, 0.3) is 5.91 Å². The van der Waals surface area contributed by atoms with Crippen molar-refractivity contribution in [2.45, 2.75) is 13.5 Å². The number of ether oxygens (including phenoxy) is 3. The zero-order valence-corrected chi connectivity index (χ0v) is 17.8. The van der Waals surface area contributed by atoms with Crippen LogP contribution >= 0.6 is 11.3 Å². The maximum absolute atomic E-state index is 12.9. The molecule has 0 atom stereocenters. The first-order valence-electron chi connectivity index (χ1n) is 9.24. The van der Waals surface area contributed by atoms with Crippen molar-refractivity contribution in [2.75, 3.05) is 20.8 Å². The highest BCUT2D eigenvalue weighted by molar-refractivity contribution is 7.16. The summed E-state index contributed by atoms with van der Waals surface area (Å²) in [5, 5.41) is 0. The van der Waals surface area contributed by atoms with Crippen LogP contribution in [0.5, 0.6) is 11.5 Å².